The molecular weight excluding hydrogens is 402 g/mol. The van der Waals surface area contributed by atoms with Crippen molar-refractivity contribution in [3.8, 4) is 0 Å². The van der Waals surface area contributed by atoms with E-state index in [9.17, 15) is 0 Å². The van der Waals surface area contributed by atoms with E-state index in [0.717, 1.165) is 34.6 Å². The van der Waals surface area contributed by atoms with E-state index in [0.29, 0.717) is 13.1 Å². The van der Waals surface area contributed by atoms with Crippen LogP contribution in [0.15, 0.2) is 0 Å². The molecule has 26 heavy (non-hydrogen) atoms. The summed E-state index contributed by atoms with van der Waals surface area (Å²) in [5.41, 5.74) is 9.81. The van der Waals surface area contributed by atoms with Gasteiger partial charge in [-0.25, -0.2) is 0 Å². The first kappa shape index (κ1) is 49.6. The average Bonchev–Trinajstić information content (AvgIpc) is 2.24. The Morgan fingerprint density at radius 2 is 0.692 bits per heavy atom. The van der Waals surface area contributed by atoms with E-state index in [1.807, 2.05) is 0 Å². The fourth-order valence-corrected chi connectivity index (χ4v) is 0. The van der Waals surface area contributed by atoms with Crippen LogP contribution in [0.5, 0.6) is 0 Å². The number of carbonyl (C=O) groups excluding carboxylic acids is 2. The minimum atomic E-state index is -1.08. The summed E-state index contributed by atoms with van der Waals surface area (Å²) < 4.78 is 0. The summed E-state index contributed by atoms with van der Waals surface area (Å²) in [4.78, 5) is 44.8. The second-order valence-electron chi connectivity index (χ2n) is 3.12. The van der Waals surface area contributed by atoms with Crippen molar-refractivity contribution >= 4 is 29.8 Å². The SMILES string of the molecule is CC(=O)O.CC(=O)O.CC(=O)O.CC(=O)[O-].CC(=O)[O-].N.NCCN.[Fe+2]. The van der Waals surface area contributed by atoms with Crippen molar-refractivity contribution in [2.75, 3.05) is 13.1 Å². The van der Waals surface area contributed by atoms with Crippen molar-refractivity contribution in [3.63, 3.8) is 0 Å². The molecule has 0 aromatic heterocycles. The van der Waals surface area contributed by atoms with Gasteiger partial charge in [0.05, 0.1) is 0 Å². The quantitative estimate of drug-likeness (QED) is 0.224. The molecule has 0 rings (SSSR count). The van der Waals surface area contributed by atoms with Crippen molar-refractivity contribution in [1.29, 1.82) is 0 Å². The van der Waals surface area contributed by atoms with Crippen molar-refractivity contribution < 1.29 is 66.6 Å². The topological polar surface area (TPSA) is 279 Å². The van der Waals surface area contributed by atoms with E-state index in [2.05, 4.69) is 0 Å². The summed E-state index contributed by atoms with van der Waals surface area (Å²) in [6, 6.07) is 0. The Labute approximate surface area is 162 Å². The second-order valence-corrected chi connectivity index (χ2v) is 3.12. The molecule has 0 unspecified atom stereocenters. The normalized spacial score (nSPS) is 5.96. The Kier molecular flexibility index (Phi) is 94.3. The van der Waals surface area contributed by atoms with Gasteiger partial charge < -0.3 is 52.7 Å². The monoisotopic (exact) mass is 431 g/mol. The van der Waals surface area contributed by atoms with Gasteiger partial charge in [0, 0.05) is 45.8 Å². The fraction of sp³-hybridized carbons (Fsp3) is 0.583. The minimum absolute atomic E-state index is 0. The minimum Gasteiger partial charge on any atom is -0.550 e. The molecule has 14 heteroatoms. The van der Waals surface area contributed by atoms with E-state index in [-0.39, 0.29) is 23.2 Å². The Bertz CT molecular complexity index is 250. The average molecular weight is 431 g/mol. The van der Waals surface area contributed by atoms with Gasteiger partial charge in [0.25, 0.3) is 17.9 Å². The first-order valence-electron chi connectivity index (χ1n) is 5.92. The Balaban J connectivity index is -0.0000000245. The summed E-state index contributed by atoms with van der Waals surface area (Å²) in [6.45, 7) is 6.39. The van der Waals surface area contributed by atoms with Crippen LogP contribution in [0.2, 0.25) is 0 Å². The molecule has 13 nitrogen and oxygen atoms in total. The molecule has 0 aromatic carbocycles. The largest absolute Gasteiger partial charge is 2.00 e. The summed E-state index contributed by atoms with van der Waals surface area (Å²) in [6.07, 6.45) is 0. The van der Waals surface area contributed by atoms with E-state index in [4.69, 9.17) is 61.0 Å². The first-order chi connectivity index (χ1) is 10.6. The fourth-order valence-electron chi connectivity index (χ4n) is 0. The van der Waals surface area contributed by atoms with Gasteiger partial charge in [0.15, 0.2) is 0 Å². The maximum atomic E-state index is 9.00. The maximum absolute atomic E-state index is 9.00. The van der Waals surface area contributed by atoms with Gasteiger partial charge in [-0.1, -0.05) is 0 Å². The molecule has 0 aromatic rings. The molecule has 0 saturated heterocycles. The van der Waals surface area contributed by atoms with Gasteiger partial charge >= 0.3 is 17.1 Å². The number of carbonyl (C=O) groups is 5. The standard InChI is InChI=1S/C2H8N2.5C2H4O2.Fe.H3N/c3-1-2-4;5*1-2(3)4;;/h1-4H2;5*1H3,(H,3,4);;1H3/q;;;;;;+2;/p-2. The number of hydrogen-bond donors (Lipinski definition) is 6. The van der Waals surface area contributed by atoms with Crippen LogP contribution in [-0.2, 0) is 41.0 Å². The van der Waals surface area contributed by atoms with E-state index in [1.165, 1.54) is 0 Å². The molecule has 0 fully saturated rings. The van der Waals surface area contributed by atoms with Crippen molar-refractivity contribution in [2.24, 2.45) is 11.5 Å². The smallest absolute Gasteiger partial charge is 0.550 e. The van der Waals surface area contributed by atoms with Crippen molar-refractivity contribution in [2.45, 2.75) is 34.6 Å². The van der Waals surface area contributed by atoms with Crippen LogP contribution in [0, 0.1) is 0 Å². The molecular formula is C12H29FeN3O10. The van der Waals surface area contributed by atoms with Crippen LogP contribution < -0.4 is 27.8 Å². The number of hydrogen-bond acceptors (Lipinski definition) is 10. The summed E-state index contributed by atoms with van der Waals surface area (Å²) in [5.74, 6) is -4.67. The van der Waals surface area contributed by atoms with E-state index >= 15 is 0 Å². The van der Waals surface area contributed by atoms with Gasteiger partial charge in [-0.2, -0.15) is 0 Å². The van der Waals surface area contributed by atoms with Crippen LogP contribution in [0.1, 0.15) is 34.6 Å². The number of carboxylic acid groups (broad SMARTS) is 5. The van der Waals surface area contributed by atoms with E-state index < -0.39 is 29.8 Å². The number of rotatable bonds is 1. The Hall–Kier alpha value is -2.25. The number of nitrogens with two attached hydrogens (primary N) is 2. The molecule has 0 atom stereocenters. The Morgan fingerprint density at radius 1 is 0.654 bits per heavy atom. The summed E-state index contributed by atoms with van der Waals surface area (Å²) in [5, 5.41) is 40.0. The maximum Gasteiger partial charge on any atom is 2.00 e. The van der Waals surface area contributed by atoms with Crippen LogP contribution >= 0.6 is 0 Å². The van der Waals surface area contributed by atoms with Gasteiger partial charge in [-0.05, 0) is 13.8 Å². The van der Waals surface area contributed by atoms with Crippen molar-refractivity contribution in [3.05, 3.63) is 0 Å². The van der Waals surface area contributed by atoms with Crippen LogP contribution in [0.3, 0.4) is 0 Å². The Morgan fingerprint density at radius 3 is 0.692 bits per heavy atom. The zero-order chi connectivity index (χ0) is 21.3. The molecule has 0 aliphatic heterocycles. The molecule has 0 saturated carbocycles. The predicted octanol–water partition coefficient (Wildman–Crippen LogP) is -3.15. The number of carboxylic acids is 5. The molecule has 0 spiro atoms. The van der Waals surface area contributed by atoms with Gasteiger partial charge in [-0.15, -0.1) is 0 Å². The summed E-state index contributed by atoms with van der Waals surface area (Å²) >= 11 is 0. The summed E-state index contributed by atoms with van der Waals surface area (Å²) in [7, 11) is 0. The first-order valence-corrected chi connectivity index (χ1v) is 5.92. The third-order valence-corrected chi connectivity index (χ3v) is 0.167. The molecule has 0 amide bonds. The van der Waals surface area contributed by atoms with Gasteiger partial charge in [-0.3, -0.25) is 14.4 Å². The third kappa shape index (κ3) is 5990. The van der Waals surface area contributed by atoms with Crippen LogP contribution in [-0.4, -0.2) is 58.3 Å². The molecule has 160 valence electrons. The predicted molar refractivity (Wildman–Crippen MR) is 84.4 cm³/mol. The molecule has 0 bridgehead atoms. The zero-order valence-corrected chi connectivity index (χ0v) is 16.4. The van der Waals surface area contributed by atoms with Crippen molar-refractivity contribution in [1.82, 2.24) is 6.15 Å². The van der Waals surface area contributed by atoms with Crippen LogP contribution in [0.4, 0.5) is 0 Å². The van der Waals surface area contributed by atoms with Crippen LogP contribution in [0.25, 0.3) is 0 Å². The van der Waals surface area contributed by atoms with E-state index in [1.54, 1.807) is 0 Å². The third-order valence-electron chi connectivity index (χ3n) is 0.167. The molecule has 0 aliphatic carbocycles. The van der Waals surface area contributed by atoms with Gasteiger partial charge in [0.2, 0.25) is 0 Å². The number of aliphatic carboxylic acids is 5. The molecule has 0 radical (unpaired) electrons. The molecule has 0 heterocycles. The molecule has 0 aliphatic rings. The second kappa shape index (κ2) is 49.5. The molecule has 10 N–H and O–H groups in total. The van der Waals surface area contributed by atoms with Gasteiger partial charge in [0.1, 0.15) is 0 Å². The zero-order valence-electron chi connectivity index (χ0n) is 15.3.